The van der Waals surface area contributed by atoms with Crippen molar-refractivity contribution < 1.29 is 19.0 Å². The Hall–Kier alpha value is -2.40. The number of rotatable bonds is 7. The zero-order valence-corrected chi connectivity index (χ0v) is 12.9. The summed E-state index contributed by atoms with van der Waals surface area (Å²) in [4.78, 5) is 11.9. The SMILES string of the molecule is CC(COc1ccc(F)cc1)NC(=O)CC(O)c1ccccc1. The van der Waals surface area contributed by atoms with Gasteiger partial charge in [-0.3, -0.25) is 4.79 Å². The number of halogens is 1. The average molecular weight is 317 g/mol. The predicted molar refractivity (Wildman–Crippen MR) is 85.5 cm³/mol. The first-order valence-electron chi connectivity index (χ1n) is 7.45. The number of hydrogen-bond acceptors (Lipinski definition) is 3. The summed E-state index contributed by atoms with van der Waals surface area (Å²) in [5.74, 6) is -0.0398. The van der Waals surface area contributed by atoms with Crippen LogP contribution in [0.4, 0.5) is 4.39 Å². The first-order valence-corrected chi connectivity index (χ1v) is 7.45. The molecule has 0 spiro atoms. The van der Waals surface area contributed by atoms with Crippen LogP contribution in [0, 0.1) is 5.82 Å². The van der Waals surface area contributed by atoms with Gasteiger partial charge < -0.3 is 15.2 Å². The number of aliphatic hydroxyl groups is 1. The van der Waals surface area contributed by atoms with Crippen LogP contribution in [0.2, 0.25) is 0 Å². The molecule has 0 heterocycles. The van der Waals surface area contributed by atoms with Crippen molar-refractivity contribution in [3.63, 3.8) is 0 Å². The van der Waals surface area contributed by atoms with E-state index in [2.05, 4.69) is 5.32 Å². The molecule has 0 aliphatic rings. The minimum atomic E-state index is -0.832. The number of benzene rings is 2. The van der Waals surface area contributed by atoms with Crippen molar-refractivity contribution in [2.45, 2.75) is 25.5 Å². The fourth-order valence-electron chi connectivity index (χ4n) is 2.10. The first-order chi connectivity index (χ1) is 11.0. The van der Waals surface area contributed by atoms with E-state index in [1.54, 1.807) is 19.1 Å². The molecule has 0 aliphatic heterocycles. The molecule has 2 rings (SSSR count). The Morgan fingerprint density at radius 3 is 2.48 bits per heavy atom. The highest BCUT2D eigenvalue weighted by Gasteiger charge is 2.14. The van der Waals surface area contributed by atoms with Crippen LogP contribution in [0.1, 0.15) is 25.0 Å². The van der Waals surface area contributed by atoms with E-state index in [0.29, 0.717) is 11.3 Å². The number of aliphatic hydroxyl groups excluding tert-OH is 1. The van der Waals surface area contributed by atoms with Gasteiger partial charge in [0, 0.05) is 0 Å². The molecule has 1 amide bonds. The minimum absolute atomic E-state index is 0.00903. The maximum absolute atomic E-state index is 12.8. The lowest BCUT2D eigenvalue weighted by Gasteiger charge is -2.17. The molecule has 122 valence electrons. The largest absolute Gasteiger partial charge is 0.491 e. The topological polar surface area (TPSA) is 58.6 Å². The number of carbonyl (C=O) groups is 1. The van der Waals surface area contributed by atoms with E-state index in [1.165, 1.54) is 24.3 Å². The standard InChI is InChI=1S/C18H20FNO3/c1-13(12-23-16-9-7-15(19)8-10-16)20-18(22)11-17(21)14-5-3-2-4-6-14/h2-10,13,17,21H,11-12H2,1H3,(H,20,22). The van der Waals surface area contributed by atoms with E-state index in [0.717, 1.165) is 0 Å². The lowest BCUT2D eigenvalue weighted by Crippen LogP contribution is -2.37. The molecule has 0 saturated heterocycles. The quantitative estimate of drug-likeness (QED) is 0.825. The second-order valence-electron chi connectivity index (χ2n) is 5.36. The van der Waals surface area contributed by atoms with Gasteiger partial charge in [0.25, 0.3) is 0 Å². The highest BCUT2D eigenvalue weighted by Crippen LogP contribution is 2.16. The summed E-state index contributed by atoms with van der Waals surface area (Å²) in [6.07, 6.45) is -0.841. The molecule has 0 fully saturated rings. The molecular formula is C18H20FNO3. The van der Waals surface area contributed by atoms with Gasteiger partial charge in [-0.15, -0.1) is 0 Å². The van der Waals surface area contributed by atoms with Crippen LogP contribution in [-0.2, 0) is 4.79 Å². The summed E-state index contributed by atoms with van der Waals surface area (Å²) in [5.41, 5.74) is 0.706. The van der Waals surface area contributed by atoms with Gasteiger partial charge in [0.05, 0.1) is 18.6 Å². The van der Waals surface area contributed by atoms with Gasteiger partial charge in [-0.25, -0.2) is 4.39 Å². The van der Waals surface area contributed by atoms with E-state index in [1.807, 2.05) is 18.2 Å². The fraction of sp³-hybridized carbons (Fsp3) is 0.278. The third-order valence-corrected chi connectivity index (χ3v) is 3.28. The lowest BCUT2D eigenvalue weighted by molar-refractivity contribution is -0.123. The number of ether oxygens (including phenoxy) is 1. The summed E-state index contributed by atoms with van der Waals surface area (Å²) in [6.45, 7) is 2.06. The van der Waals surface area contributed by atoms with Crippen LogP contribution < -0.4 is 10.1 Å². The van der Waals surface area contributed by atoms with Crippen molar-refractivity contribution >= 4 is 5.91 Å². The molecule has 0 aliphatic carbocycles. The number of hydrogen-bond donors (Lipinski definition) is 2. The van der Waals surface area contributed by atoms with Gasteiger partial charge in [0.2, 0.25) is 5.91 Å². The molecule has 0 saturated carbocycles. The summed E-state index contributed by atoms with van der Waals surface area (Å²) < 4.78 is 18.3. The Balaban J connectivity index is 1.75. The molecule has 0 radical (unpaired) electrons. The van der Waals surface area contributed by atoms with Crippen molar-refractivity contribution in [1.29, 1.82) is 0 Å². The first kappa shape index (κ1) is 17.0. The zero-order valence-electron chi connectivity index (χ0n) is 12.9. The third-order valence-electron chi connectivity index (χ3n) is 3.28. The van der Waals surface area contributed by atoms with E-state index in [-0.39, 0.29) is 30.8 Å². The molecule has 23 heavy (non-hydrogen) atoms. The van der Waals surface area contributed by atoms with Crippen LogP contribution in [0.5, 0.6) is 5.75 Å². The molecule has 4 nitrogen and oxygen atoms in total. The van der Waals surface area contributed by atoms with Crippen molar-refractivity contribution in [1.82, 2.24) is 5.32 Å². The number of nitrogens with one attached hydrogen (secondary N) is 1. The van der Waals surface area contributed by atoms with E-state index in [9.17, 15) is 14.3 Å². The van der Waals surface area contributed by atoms with Crippen molar-refractivity contribution in [3.05, 3.63) is 66.0 Å². The smallest absolute Gasteiger partial charge is 0.223 e. The molecule has 0 aromatic heterocycles. The minimum Gasteiger partial charge on any atom is -0.491 e. The van der Waals surface area contributed by atoms with E-state index < -0.39 is 6.10 Å². The second kappa shape index (κ2) is 8.29. The summed E-state index contributed by atoms with van der Waals surface area (Å²) in [7, 11) is 0. The van der Waals surface area contributed by atoms with Crippen LogP contribution in [0.25, 0.3) is 0 Å². The van der Waals surface area contributed by atoms with Gasteiger partial charge >= 0.3 is 0 Å². The van der Waals surface area contributed by atoms with Gasteiger partial charge in [0.15, 0.2) is 0 Å². The van der Waals surface area contributed by atoms with Gasteiger partial charge in [-0.05, 0) is 36.8 Å². The van der Waals surface area contributed by atoms with E-state index in [4.69, 9.17) is 4.74 Å². The van der Waals surface area contributed by atoms with Gasteiger partial charge in [-0.2, -0.15) is 0 Å². The maximum atomic E-state index is 12.8. The van der Waals surface area contributed by atoms with Crippen LogP contribution in [0.15, 0.2) is 54.6 Å². The molecule has 2 atom stereocenters. The maximum Gasteiger partial charge on any atom is 0.223 e. The van der Waals surface area contributed by atoms with E-state index >= 15 is 0 Å². The number of carbonyl (C=O) groups excluding carboxylic acids is 1. The zero-order chi connectivity index (χ0) is 16.7. The highest BCUT2D eigenvalue weighted by atomic mass is 19.1. The average Bonchev–Trinajstić information content (AvgIpc) is 2.55. The molecule has 2 aromatic rings. The van der Waals surface area contributed by atoms with Gasteiger partial charge in [-0.1, -0.05) is 30.3 Å². The van der Waals surface area contributed by atoms with Crippen LogP contribution in [0.3, 0.4) is 0 Å². The molecule has 2 aromatic carbocycles. The normalized spacial score (nSPS) is 13.2. The van der Waals surface area contributed by atoms with Gasteiger partial charge in [0.1, 0.15) is 18.2 Å². The van der Waals surface area contributed by atoms with Crippen molar-refractivity contribution in [2.75, 3.05) is 6.61 Å². The Labute approximate surface area is 134 Å². The summed E-state index contributed by atoms with van der Waals surface area (Å²) in [5, 5.41) is 12.8. The Kier molecular flexibility index (Phi) is 6.11. The summed E-state index contributed by atoms with van der Waals surface area (Å²) >= 11 is 0. The molecule has 5 heteroatoms. The highest BCUT2D eigenvalue weighted by molar-refractivity contribution is 5.76. The van der Waals surface area contributed by atoms with Crippen LogP contribution >= 0.6 is 0 Å². The molecule has 0 bridgehead atoms. The monoisotopic (exact) mass is 317 g/mol. The molecule has 2 unspecified atom stereocenters. The Bertz CT molecular complexity index is 616. The van der Waals surface area contributed by atoms with Crippen molar-refractivity contribution in [3.8, 4) is 5.75 Å². The van der Waals surface area contributed by atoms with Crippen LogP contribution in [-0.4, -0.2) is 23.7 Å². The number of amides is 1. The third kappa shape index (κ3) is 5.71. The second-order valence-corrected chi connectivity index (χ2v) is 5.36. The molecular weight excluding hydrogens is 297 g/mol. The summed E-state index contributed by atoms with van der Waals surface area (Å²) in [6, 6.07) is 14.5. The Morgan fingerprint density at radius 1 is 1.17 bits per heavy atom. The lowest BCUT2D eigenvalue weighted by atomic mass is 10.1. The fourth-order valence-corrected chi connectivity index (χ4v) is 2.10. The van der Waals surface area contributed by atoms with Crippen molar-refractivity contribution in [2.24, 2.45) is 0 Å². The predicted octanol–water partition coefficient (Wildman–Crippen LogP) is 2.83. The Morgan fingerprint density at radius 2 is 1.83 bits per heavy atom. The molecule has 2 N–H and O–H groups in total.